The molecule has 0 bridgehead atoms. The standard InChI is InChI=1S/C14H20N4S/c1-11-7-17(2)14(16-11)12-4-3-5-18(8-12)9-13-6-15-10-19-13/h6-7,10,12H,3-5,8-9H2,1-2H3/t12-/m0/s1. The predicted octanol–water partition coefficient (Wildman–Crippen LogP) is 2.56. The first-order valence-electron chi connectivity index (χ1n) is 6.82. The normalized spacial score (nSPS) is 20.8. The molecule has 0 saturated carbocycles. The van der Waals surface area contributed by atoms with Crippen molar-refractivity contribution in [2.75, 3.05) is 13.1 Å². The van der Waals surface area contributed by atoms with Crippen LogP contribution in [0, 0.1) is 6.92 Å². The number of likely N-dealkylation sites (tertiary alicyclic amines) is 1. The van der Waals surface area contributed by atoms with E-state index in [1.807, 2.05) is 11.7 Å². The number of aryl methyl sites for hydroxylation is 2. The molecule has 0 spiro atoms. The third kappa shape index (κ3) is 2.87. The van der Waals surface area contributed by atoms with Gasteiger partial charge in [-0.2, -0.15) is 0 Å². The highest BCUT2D eigenvalue weighted by Crippen LogP contribution is 2.27. The Kier molecular flexibility index (Phi) is 3.66. The summed E-state index contributed by atoms with van der Waals surface area (Å²) in [7, 11) is 2.11. The average Bonchev–Trinajstić information content (AvgIpc) is 2.99. The van der Waals surface area contributed by atoms with E-state index in [-0.39, 0.29) is 0 Å². The Hall–Kier alpha value is -1.20. The lowest BCUT2D eigenvalue weighted by Crippen LogP contribution is -2.34. The van der Waals surface area contributed by atoms with Crippen LogP contribution in [0.25, 0.3) is 0 Å². The van der Waals surface area contributed by atoms with Crippen LogP contribution in [0.1, 0.15) is 35.2 Å². The summed E-state index contributed by atoms with van der Waals surface area (Å²) in [5.74, 6) is 1.81. The van der Waals surface area contributed by atoms with E-state index in [1.165, 1.54) is 30.1 Å². The molecule has 1 aliphatic rings. The van der Waals surface area contributed by atoms with Crippen LogP contribution in [0.15, 0.2) is 17.9 Å². The Balaban J connectivity index is 1.69. The molecule has 0 radical (unpaired) electrons. The fraction of sp³-hybridized carbons (Fsp3) is 0.571. The van der Waals surface area contributed by atoms with Crippen LogP contribution >= 0.6 is 11.3 Å². The minimum absolute atomic E-state index is 0.570. The van der Waals surface area contributed by atoms with Crippen molar-refractivity contribution in [2.45, 2.75) is 32.2 Å². The molecular formula is C14H20N4S. The van der Waals surface area contributed by atoms with Crippen molar-refractivity contribution in [3.63, 3.8) is 0 Å². The number of nitrogens with zero attached hydrogens (tertiary/aromatic N) is 4. The maximum atomic E-state index is 4.69. The van der Waals surface area contributed by atoms with Crippen LogP contribution in [-0.2, 0) is 13.6 Å². The van der Waals surface area contributed by atoms with E-state index < -0.39 is 0 Å². The molecule has 0 unspecified atom stereocenters. The van der Waals surface area contributed by atoms with Crippen molar-refractivity contribution >= 4 is 11.3 Å². The largest absolute Gasteiger partial charge is 0.337 e. The molecule has 1 atom stereocenters. The van der Waals surface area contributed by atoms with E-state index in [0.717, 1.165) is 18.8 Å². The van der Waals surface area contributed by atoms with Gasteiger partial charge in [-0.15, -0.1) is 11.3 Å². The fourth-order valence-corrected chi connectivity index (χ4v) is 3.60. The SMILES string of the molecule is Cc1cn(C)c([C@H]2CCCN(Cc3cncs3)C2)n1. The van der Waals surface area contributed by atoms with Gasteiger partial charge in [-0.25, -0.2) is 4.98 Å². The van der Waals surface area contributed by atoms with Crippen molar-refractivity contribution in [3.05, 3.63) is 34.3 Å². The van der Waals surface area contributed by atoms with Crippen LogP contribution in [0.3, 0.4) is 0 Å². The molecule has 2 aromatic rings. The number of imidazole rings is 1. The highest BCUT2D eigenvalue weighted by atomic mass is 32.1. The van der Waals surface area contributed by atoms with Crippen LogP contribution < -0.4 is 0 Å². The van der Waals surface area contributed by atoms with E-state index >= 15 is 0 Å². The Morgan fingerprint density at radius 3 is 3.05 bits per heavy atom. The highest BCUT2D eigenvalue weighted by Gasteiger charge is 2.24. The molecule has 5 heteroatoms. The van der Waals surface area contributed by atoms with Crippen LogP contribution in [0.2, 0.25) is 0 Å². The average molecular weight is 276 g/mol. The van der Waals surface area contributed by atoms with Crippen molar-refractivity contribution in [1.29, 1.82) is 0 Å². The molecule has 0 N–H and O–H groups in total. The predicted molar refractivity (Wildman–Crippen MR) is 77.3 cm³/mol. The second-order valence-corrected chi connectivity index (χ2v) is 6.36. The molecule has 0 aromatic carbocycles. The minimum atomic E-state index is 0.570. The molecule has 1 fully saturated rings. The first kappa shape index (κ1) is 12.8. The van der Waals surface area contributed by atoms with Gasteiger partial charge in [0, 0.05) is 43.3 Å². The summed E-state index contributed by atoms with van der Waals surface area (Å²) in [6.07, 6.45) is 6.62. The van der Waals surface area contributed by atoms with Gasteiger partial charge in [0.2, 0.25) is 0 Å². The van der Waals surface area contributed by atoms with Gasteiger partial charge in [0.25, 0.3) is 0 Å². The summed E-state index contributed by atoms with van der Waals surface area (Å²) in [6, 6.07) is 0. The van der Waals surface area contributed by atoms with Gasteiger partial charge in [-0.3, -0.25) is 9.88 Å². The van der Waals surface area contributed by atoms with Crippen molar-refractivity contribution in [2.24, 2.45) is 7.05 Å². The maximum Gasteiger partial charge on any atom is 0.113 e. The van der Waals surface area contributed by atoms with Crippen molar-refractivity contribution in [3.8, 4) is 0 Å². The van der Waals surface area contributed by atoms with E-state index in [2.05, 4.69) is 34.6 Å². The van der Waals surface area contributed by atoms with E-state index in [9.17, 15) is 0 Å². The molecule has 0 aliphatic carbocycles. The highest BCUT2D eigenvalue weighted by molar-refractivity contribution is 7.09. The zero-order valence-electron chi connectivity index (χ0n) is 11.5. The van der Waals surface area contributed by atoms with Gasteiger partial charge in [-0.1, -0.05) is 0 Å². The first-order chi connectivity index (χ1) is 9.22. The van der Waals surface area contributed by atoms with Crippen LogP contribution in [-0.4, -0.2) is 32.5 Å². The Labute approximate surface area is 118 Å². The van der Waals surface area contributed by atoms with Gasteiger partial charge in [-0.05, 0) is 26.3 Å². The third-order valence-corrected chi connectivity index (χ3v) is 4.53. The molecule has 3 rings (SSSR count). The molecule has 3 heterocycles. The second kappa shape index (κ2) is 5.43. The van der Waals surface area contributed by atoms with Gasteiger partial charge in [0.1, 0.15) is 5.82 Å². The summed E-state index contributed by atoms with van der Waals surface area (Å²) < 4.78 is 2.19. The molecule has 0 amide bonds. The van der Waals surface area contributed by atoms with E-state index in [1.54, 1.807) is 11.3 Å². The van der Waals surface area contributed by atoms with Gasteiger partial charge < -0.3 is 4.57 Å². The second-order valence-electron chi connectivity index (χ2n) is 5.39. The van der Waals surface area contributed by atoms with Crippen LogP contribution in [0.4, 0.5) is 0 Å². The Morgan fingerprint density at radius 2 is 2.37 bits per heavy atom. The van der Waals surface area contributed by atoms with E-state index in [4.69, 9.17) is 4.98 Å². The molecular weight excluding hydrogens is 256 g/mol. The van der Waals surface area contributed by atoms with E-state index in [0.29, 0.717) is 5.92 Å². The van der Waals surface area contributed by atoms with Crippen molar-refractivity contribution < 1.29 is 0 Å². The number of aromatic nitrogens is 3. The molecule has 2 aromatic heterocycles. The lowest BCUT2D eigenvalue weighted by atomic mass is 9.97. The fourth-order valence-electron chi connectivity index (χ4n) is 2.96. The molecule has 19 heavy (non-hydrogen) atoms. The summed E-state index contributed by atoms with van der Waals surface area (Å²) in [6.45, 7) is 5.41. The zero-order valence-corrected chi connectivity index (χ0v) is 12.4. The van der Waals surface area contributed by atoms with Crippen LogP contribution in [0.5, 0.6) is 0 Å². The monoisotopic (exact) mass is 276 g/mol. The van der Waals surface area contributed by atoms with Gasteiger partial charge in [0.05, 0.1) is 11.2 Å². The first-order valence-corrected chi connectivity index (χ1v) is 7.70. The smallest absolute Gasteiger partial charge is 0.113 e. The number of hydrogen-bond donors (Lipinski definition) is 0. The lowest BCUT2D eigenvalue weighted by Gasteiger charge is -2.31. The number of rotatable bonds is 3. The summed E-state index contributed by atoms with van der Waals surface area (Å²) in [4.78, 5) is 12.7. The molecule has 4 nitrogen and oxygen atoms in total. The quantitative estimate of drug-likeness (QED) is 0.864. The molecule has 1 saturated heterocycles. The minimum Gasteiger partial charge on any atom is -0.337 e. The summed E-state index contributed by atoms with van der Waals surface area (Å²) >= 11 is 1.75. The van der Waals surface area contributed by atoms with Gasteiger partial charge >= 0.3 is 0 Å². The molecule has 102 valence electrons. The maximum absolute atomic E-state index is 4.69. The number of piperidine rings is 1. The van der Waals surface area contributed by atoms with Crippen molar-refractivity contribution in [1.82, 2.24) is 19.4 Å². The topological polar surface area (TPSA) is 34.0 Å². The summed E-state index contributed by atoms with van der Waals surface area (Å²) in [5, 5.41) is 0. The number of thiazole rings is 1. The Morgan fingerprint density at radius 1 is 1.47 bits per heavy atom. The third-order valence-electron chi connectivity index (χ3n) is 3.77. The lowest BCUT2D eigenvalue weighted by molar-refractivity contribution is 0.196. The summed E-state index contributed by atoms with van der Waals surface area (Å²) in [5.41, 5.74) is 3.04. The molecule has 1 aliphatic heterocycles. The Bertz CT molecular complexity index is 532. The number of hydrogen-bond acceptors (Lipinski definition) is 4. The zero-order chi connectivity index (χ0) is 13.2. The van der Waals surface area contributed by atoms with Gasteiger partial charge in [0.15, 0.2) is 0 Å².